The van der Waals surface area contributed by atoms with Crippen molar-refractivity contribution in [1.29, 1.82) is 0 Å². The zero-order chi connectivity index (χ0) is 17.3. The van der Waals surface area contributed by atoms with Gasteiger partial charge in [-0.15, -0.1) is 0 Å². The van der Waals surface area contributed by atoms with E-state index in [0.29, 0.717) is 0 Å². The Morgan fingerprint density at radius 2 is 1.83 bits per heavy atom. The number of halogens is 2. The molecule has 0 radical (unpaired) electrons. The normalized spacial score (nSPS) is 17.9. The van der Waals surface area contributed by atoms with Crippen molar-refractivity contribution >= 4 is 32.8 Å². The Morgan fingerprint density at radius 3 is 2.38 bits per heavy atom. The molecule has 0 unspecified atom stereocenters. The van der Waals surface area contributed by atoms with Crippen molar-refractivity contribution in [2.45, 2.75) is 17.4 Å². The van der Waals surface area contributed by atoms with E-state index < -0.39 is 15.7 Å². The molecule has 1 heterocycles. The van der Waals surface area contributed by atoms with Gasteiger partial charge in [-0.25, -0.2) is 12.8 Å². The first-order chi connectivity index (χ1) is 11.4. The van der Waals surface area contributed by atoms with Gasteiger partial charge in [0.15, 0.2) is 9.84 Å². The average Bonchev–Trinajstić information content (AvgIpc) is 3.05. The summed E-state index contributed by atoms with van der Waals surface area (Å²) in [6.07, 6.45) is 2.11. The zero-order valence-electron chi connectivity index (χ0n) is 13.2. The van der Waals surface area contributed by atoms with E-state index in [1.54, 1.807) is 36.4 Å². The Balaban J connectivity index is 2.03. The lowest BCUT2D eigenvalue weighted by atomic mass is 10.1. The summed E-state index contributed by atoms with van der Waals surface area (Å²) in [5.41, 5.74) is 1.63. The third kappa shape index (κ3) is 3.55. The van der Waals surface area contributed by atoms with Gasteiger partial charge in [-0.05, 0) is 55.4 Å². The van der Waals surface area contributed by atoms with E-state index in [1.807, 2.05) is 0 Å². The minimum atomic E-state index is -3.24. The largest absolute Gasteiger partial charge is 0.337 e. The Bertz CT molecular complexity index is 834. The van der Waals surface area contributed by atoms with Crippen LogP contribution in [-0.2, 0) is 9.84 Å². The van der Waals surface area contributed by atoms with Crippen molar-refractivity contribution in [3.8, 4) is 0 Å². The standard InChI is InChI=1S/C17H18ClFN2O2S/c1-24(22,23)15-5-2-12(3-6-15)21(14-8-9-20-11-14)13-4-7-17(19)16(18)10-13/h2-7,10,14,20H,8-9,11H2,1H3/t14-/m0/s1. The average molecular weight is 369 g/mol. The molecule has 1 saturated heterocycles. The SMILES string of the molecule is CS(=O)(=O)c1ccc(N(c2ccc(F)c(Cl)c2)[C@H]2CCNC2)cc1. The zero-order valence-corrected chi connectivity index (χ0v) is 14.7. The summed E-state index contributed by atoms with van der Waals surface area (Å²) in [6.45, 7) is 1.69. The summed E-state index contributed by atoms with van der Waals surface area (Å²) in [4.78, 5) is 2.34. The van der Waals surface area contributed by atoms with Gasteiger partial charge in [-0.1, -0.05) is 11.6 Å². The molecule has 128 valence electrons. The van der Waals surface area contributed by atoms with Gasteiger partial charge in [0.1, 0.15) is 5.82 Å². The number of benzene rings is 2. The van der Waals surface area contributed by atoms with Gasteiger partial charge >= 0.3 is 0 Å². The van der Waals surface area contributed by atoms with E-state index in [2.05, 4.69) is 10.2 Å². The molecule has 1 N–H and O–H groups in total. The lowest BCUT2D eigenvalue weighted by Crippen LogP contribution is -2.33. The van der Waals surface area contributed by atoms with Crippen molar-refractivity contribution in [3.05, 3.63) is 53.3 Å². The van der Waals surface area contributed by atoms with Crippen LogP contribution < -0.4 is 10.2 Å². The number of hydrogen-bond acceptors (Lipinski definition) is 4. The minimum absolute atomic E-state index is 0.0659. The first-order valence-electron chi connectivity index (χ1n) is 7.61. The molecule has 0 amide bonds. The van der Waals surface area contributed by atoms with Crippen molar-refractivity contribution in [3.63, 3.8) is 0 Å². The van der Waals surface area contributed by atoms with Crippen molar-refractivity contribution in [1.82, 2.24) is 5.32 Å². The van der Waals surface area contributed by atoms with Crippen LogP contribution in [-0.4, -0.2) is 33.8 Å². The summed E-state index contributed by atoms with van der Waals surface area (Å²) in [7, 11) is -3.24. The van der Waals surface area contributed by atoms with E-state index in [1.165, 1.54) is 12.3 Å². The molecule has 1 atom stereocenters. The highest BCUT2D eigenvalue weighted by molar-refractivity contribution is 7.90. The Morgan fingerprint density at radius 1 is 1.17 bits per heavy atom. The molecule has 1 fully saturated rings. The van der Waals surface area contributed by atoms with Gasteiger partial charge in [0, 0.05) is 30.2 Å². The van der Waals surface area contributed by atoms with Gasteiger partial charge < -0.3 is 10.2 Å². The summed E-state index contributed by atoms with van der Waals surface area (Å²) in [5, 5.41) is 3.38. The van der Waals surface area contributed by atoms with Gasteiger partial charge in [0.05, 0.1) is 9.92 Å². The highest BCUT2D eigenvalue weighted by Gasteiger charge is 2.25. The molecule has 4 nitrogen and oxygen atoms in total. The van der Waals surface area contributed by atoms with Crippen LogP contribution in [0.3, 0.4) is 0 Å². The lowest BCUT2D eigenvalue weighted by Gasteiger charge is -2.31. The summed E-state index contributed by atoms with van der Waals surface area (Å²) < 4.78 is 36.8. The van der Waals surface area contributed by atoms with Crippen LogP contribution in [0, 0.1) is 5.82 Å². The number of nitrogens with one attached hydrogen (secondary N) is 1. The molecule has 0 bridgehead atoms. The number of sulfone groups is 1. The van der Waals surface area contributed by atoms with Crippen LogP contribution in [0.1, 0.15) is 6.42 Å². The topological polar surface area (TPSA) is 49.4 Å². The molecule has 0 saturated carbocycles. The van der Waals surface area contributed by atoms with Gasteiger partial charge in [-0.3, -0.25) is 0 Å². The number of anilines is 2. The molecule has 0 aliphatic carbocycles. The van der Waals surface area contributed by atoms with E-state index in [4.69, 9.17) is 11.6 Å². The van der Waals surface area contributed by atoms with Crippen LogP contribution in [0.2, 0.25) is 5.02 Å². The molecule has 1 aliphatic rings. The smallest absolute Gasteiger partial charge is 0.175 e. The molecule has 24 heavy (non-hydrogen) atoms. The molecule has 7 heteroatoms. The maximum absolute atomic E-state index is 13.5. The summed E-state index contributed by atoms with van der Waals surface area (Å²) in [6, 6.07) is 11.5. The van der Waals surface area contributed by atoms with Gasteiger partial charge in [0.25, 0.3) is 0 Å². The van der Waals surface area contributed by atoms with E-state index in [9.17, 15) is 12.8 Å². The molecule has 0 aromatic heterocycles. The van der Waals surface area contributed by atoms with Crippen molar-refractivity contribution in [2.24, 2.45) is 0 Å². The van der Waals surface area contributed by atoms with Crippen LogP contribution in [0.5, 0.6) is 0 Å². The first-order valence-corrected chi connectivity index (χ1v) is 9.88. The molecule has 2 aromatic rings. The second-order valence-electron chi connectivity index (χ2n) is 5.88. The van der Waals surface area contributed by atoms with Crippen molar-refractivity contribution < 1.29 is 12.8 Å². The molecular formula is C17H18ClFN2O2S. The van der Waals surface area contributed by atoms with Crippen LogP contribution in [0.25, 0.3) is 0 Å². The molecule has 0 spiro atoms. The van der Waals surface area contributed by atoms with Crippen LogP contribution in [0.4, 0.5) is 15.8 Å². The fourth-order valence-electron chi connectivity index (χ4n) is 2.92. The Kier molecular flexibility index (Phi) is 4.80. The maximum Gasteiger partial charge on any atom is 0.175 e. The van der Waals surface area contributed by atoms with Crippen LogP contribution in [0.15, 0.2) is 47.4 Å². The monoisotopic (exact) mass is 368 g/mol. The lowest BCUT2D eigenvalue weighted by molar-refractivity contribution is 0.602. The fourth-order valence-corrected chi connectivity index (χ4v) is 3.72. The minimum Gasteiger partial charge on any atom is -0.337 e. The van der Waals surface area contributed by atoms with Gasteiger partial charge in [-0.2, -0.15) is 0 Å². The predicted molar refractivity (Wildman–Crippen MR) is 94.4 cm³/mol. The second kappa shape index (κ2) is 6.70. The number of hydrogen-bond donors (Lipinski definition) is 1. The molecular weight excluding hydrogens is 351 g/mol. The highest BCUT2D eigenvalue weighted by atomic mass is 35.5. The Hall–Kier alpha value is -1.63. The van der Waals surface area contributed by atoms with E-state index in [0.717, 1.165) is 30.9 Å². The Labute approximate surface area is 146 Å². The summed E-state index contributed by atoms with van der Waals surface area (Å²) in [5.74, 6) is -0.461. The quantitative estimate of drug-likeness (QED) is 0.898. The first kappa shape index (κ1) is 17.2. The molecule has 2 aromatic carbocycles. The van der Waals surface area contributed by atoms with Crippen LogP contribution >= 0.6 is 11.6 Å². The van der Waals surface area contributed by atoms with Crippen molar-refractivity contribution in [2.75, 3.05) is 24.2 Å². The maximum atomic E-state index is 13.5. The summed E-state index contributed by atoms with van der Waals surface area (Å²) >= 11 is 5.94. The third-order valence-corrected chi connectivity index (χ3v) is 5.54. The second-order valence-corrected chi connectivity index (χ2v) is 8.30. The van der Waals surface area contributed by atoms with Gasteiger partial charge in [0.2, 0.25) is 0 Å². The highest BCUT2D eigenvalue weighted by Crippen LogP contribution is 2.33. The molecule has 1 aliphatic heterocycles. The van der Waals surface area contributed by atoms with E-state index in [-0.39, 0.29) is 16.0 Å². The number of nitrogens with zero attached hydrogens (tertiary/aromatic N) is 1. The molecule has 3 rings (SSSR count). The predicted octanol–water partition coefficient (Wildman–Crippen LogP) is 3.38. The van der Waals surface area contributed by atoms with E-state index >= 15 is 0 Å². The fraction of sp³-hybridized carbons (Fsp3) is 0.294. The third-order valence-electron chi connectivity index (χ3n) is 4.12. The number of rotatable bonds is 4.